The standard InChI is InChI=1S/C14H16FN3O/c1-16-12(9-10-4-3-5-11(15)8-10)13-14(19-2)18-7-6-17-13/h3-8,12,16H,9H2,1-2H3. The number of hydrogen-bond acceptors (Lipinski definition) is 4. The van der Waals surface area contributed by atoms with E-state index in [1.54, 1.807) is 25.6 Å². The molecule has 5 heteroatoms. The lowest BCUT2D eigenvalue weighted by Gasteiger charge is -2.17. The Labute approximate surface area is 111 Å². The summed E-state index contributed by atoms with van der Waals surface area (Å²) in [6.45, 7) is 0. The molecule has 0 saturated carbocycles. The Morgan fingerprint density at radius 3 is 2.79 bits per heavy atom. The minimum Gasteiger partial charge on any atom is -0.480 e. The van der Waals surface area contributed by atoms with Gasteiger partial charge in [0.05, 0.1) is 13.2 Å². The summed E-state index contributed by atoms with van der Waals surface area (Å²) < 4.78 is 18.4. The molecular weight excluding hydrogens is 245 g/mol. The van der Waals surface area contributed by atoms with Crippen LogP contribution in [0, 0.1) is 5.82 Å². The first-order chi connectivity index (χ1) is 9.24. The molecule has 0 radical (unpaired) electrons. The minimum atomic E-state index is -0.238. The molecule has 0 fully saturated rings. The molecule has 100 valence electrons. The number of benzene rings is 1. The van der Waals surface area contributed by atoms with Crippen molar-refractivity contribution in [3.63, 3.8) is 0 Å². The maximum Gasteiger partial charge on any atom is 0.237 e. The summed E-state index contributed by atoms with van der Waals surface area (Å²) in [6, 6.07) is 6.46. The van der Waals surface area contributed by atoms with Crippen molar-refractivity contribution in [2.45, 2.75) is 12.5 Å². The van der Waals surface area contributed by atoms with Gasteiger partial charge in [-0.05, 0) is 31.2 Å². The van der Waals surface area contributed by atoms with Crippen LogP contribution in [0.4, 0.5) is 4.39 Å². The van der Waals surface area contributed by atoms with Gasteiger partial charge in [0.15, 0.2) is 0 Å². The van der Waals surface area contributed by atoms with Gasteiger partial charge in [0.1, 0.15) is 11.5 Å². The van der Waals surface area contributed by atoms with Gasteiger partial charge in [-0.2, -0.15) is 0 Å². The van der Waals surface area contributed by atoms with Gasteiger partial charge in [-0.25, -0.2) is 9.37 Å². The molecule has 0 bridgehead atoms. The number of ether oxygens (including phenoxy) is 1. The molecule has 0 saturated heterocycles. The van der Waals surface area contributed by atoms with Crippen molar-refractivity contribution in [1.82, 2.24) is 15.3 Å². The number of hydrogen-bond donors (Lipinski definition) is 1. The molecule has 0 spiro atoms. The van der Waals surface area contributed by atoms with E-state index in [0.717, 1.165) is 11.3 Å². The molecule has 0 aliphatic carbocycles. The van der Waals surface area contributed by atoms with Crippen LogP contribution in [-0.4, -0.2) is 24.1 Å². The molecule has 0 amide bonds. The number of nitrogens with one attached hydrogen (secondary N) is 1. The lowest BCUT2D eigenvalue weighted by molar-refractivity contribution is 0.379. The highest BCUT2D eigenvalue weighted by Crippen LogP contribution is 2.23. The van der Waals surface area contributed by atoms with E-state index in [9.17, 15) is 4.39 Å². The molecule has 2 aromatic rings. The third-order valence-electron chi connectivity index (χ3n) is 2.89. The van der Waals surface area contributed by atoms with Gasteiger partial charge in [0, 0.05) is 12.4 Å². The zero-order valence-corrected chi connectivity index (χ0v) is 10.9. The number of rotatable bonds is 5. The van der Waals surface area contributed by atoms with Gasteiger partial charge in [0.2, 0.25) is 5.88 Å². The van der Waals surface area contributed by atoms with Crippen molar-refractivity contribution < 1.29 is 9.13 Å². The second-order valence-corrected chi connectivity index (χ2v) is 4.13. The lowest BCUT2D eigenvalue weighted by atomic mass is 10.0. The Balaban J connectivity index is 2.25. The zero-order chi connectivity index (χ0) is 13.7. The molecular formula is C14H16FN3O. The third-order valence-corrected chi connectivity index (χ3v) is 2.89. The highest BCUT2D eigenvalue weighted by molar-refractivity contribution is 5.25. The molecule has 1 aromatic carbocycles. The Kier molecular flexibility index (Phi) is 4.41. The first-order valence-electron chi connectivity index (χ1n) is 6.01. The van der Waals surface area contributed by atoms with Gasteiger partial charge in [0.25, 0.3) is 0 Å². The summed E-state index contributed by atoms with van der Waals surface area (Å²) >= 11 is 0. The summed E-state index contributed by atoms with van der Waals surface area (Å²) in [5, 5.41) is 3.16. The summed E-state index contributed by atoms with van der Waals surface area (Å²) in [4.78, 5) is 8.42. The fraction of sp³-hybridized carbons (Fsp3) is 0.286. The van der Waals surface area contributed by atoms with Crippen molar-refractivity contribution >= 4 is 0 Å². The SMILES string of the molecule is CNC(Cc1cccc(F)c1)c1nccnc1OC. The van der Waals surface area contributed by atoms with Crippen LogP contribution in [0.5, 0.6) is 5.88 Å². The van der Waals surface area contributed by atoms with Crippen LogP contribution in [0.1, 0.15) is 17.3 Å². The molecule has 1 unspecified atom stereocenters. The lowest BCUT2D eigenvalue weighted by Crippen LogP contribution is -2.21. The van der Waals surface area contributed by atoms with E-state index in [1.807, 2.05) is 13.1 Å². The van der Waals surface area contributed by atoms with Gasteiger partial charge in [-0.1, -0.05) is 12.1 Å². The number of likely N-dealkylation sites (N-methyl/N-ethyl adjacent to an activating group) is 1. The van der Waals surface area contributed by atoms with Gasteiger partial charge < -0.3 is 10.1 Å². The number of nitrogens with zero attached hydrogens (tertiary/aromatic N) is 2. The van der Waals surface area contributed by atoms with Crippen molar-refractivity contribution in [3.05, 3.63) is 53.7 Å². The van der Waals surface area contributed by atoms with Crippen molar-refractivity contribution in [2.24, 2.45) is 0 Å². The van der Waals surface area contributed by atoms with Gasteiger partial charge in [-0.15, -0.1) is 0 Å². The van der Waals surface area contributed by atoms with Crippen LogP contribution in [0.15, 0.2) is 36.7 Å². The van der Waals surface area contributed by atoms with Crippen molar-refractivity contribution in [1.29, 1.82) is 0 Å². The van der Waals surface area contributed by atoms with E-state index in [4.69, 9.17) is 4.74 Å². The number of halogens is 1. The average Bonchev–Trinajstić information content (AvgIpc) is 2.45. The minimum absolute atomic E-state index is 0.0783. The van der Waals surface area contributed by atoms with Crippen molar-refractivity contribution in [2.75, 3.05) is 14.2 Å². The number of aromatic nitrogens is 2. The second-order valence-electron chi connectivity index (χ2n) is 4.13. The summed E-state index contributed by atoms with van der Waals surface area (Å²) in [5.41, 5.74) is 1.61. The first kappa shape index (κ1) is 13.4. The smallest absolute Gasteiger partial charge is 0.237 e. The molecule has 0 aliphatic rings. The summed E-state index contributed by atoms with van der Waals surface area (Å²) in [5.74, 6) is 0.247. The molecule has 1 atom stereocenters. The Morgan fingerprint density at radius 1 is 1.32 bits per heavy atom. The molecule has 4 nitrogen and oxygen atoms in total. The molecule has 1 aromatic heterocycles. The topological polar surface area (TPSA) is 47.0 Å². The third kappa shape index (κ3) is 3.26. The molecule has 0 aliphatic heterocycles. The molecule has 19 heavy (non-hydrogen) atoms. The Hall–Kier alpha value is -2.01. The fourth-order valence-corrected chi connectivity index (χ4v) is 1.97. The number of methoxy groups -OCH3 is 1. The predicted molar refractivity (Wildman–Crippen MR) is 70.5 cm³/mol. The van der Waals surface area contributed by atoms with Crippen molar-refractivity contribution in [3.8, 4) is 5.88 Å². The predicted octanol–water partition coefficient (Wildman–Crippen LogP) is 2.13. The maximum absolute atomic E-state index is 13.2. The van der Waals surface area contributed by atoms with Gasteiger partial charge in [-0.3, -0.25) is 4.98 Å². The molecule has 1 N–H and O–H groups in total. The largest absolute Gasteiger partial charge is 0.480 e. The van der Waals surface area contributed by atoms with Crippen LogP contribution >= 0.6 is 0 Å². The van der Waals surface area contributed by atoms with E-state index in [1.165, 1.54) is 12.1 Å². The van der Waals surface area contributed by atoms with E-state index in [2.05, 4.69) is 15.3 Å². The normalized spacial score (nSPS) is 12.2. The molecule has 2 rings (SSSR count). The summed E-state index contributed by atoms with van der Waals surface area (Å²) in [7, 11) is 3.39. The van der Waals surface area contributed by atoms with Crippen LogP contribution in [-0.2, 0) is 6.42 Å². The maximum atomic E-state index is 13.2. The Morgan fingerprint density at radius 2 is 2.11 bits per heavy atom. The van der Waals surface area contributed by atoms with Crippen LogP contribution in [0.3, 0.4) is 0 Å². The van der Waals surface area contributed by atoms with Crippen LogP contribution in [0.2, 0.25) is 0 Å². The summed E-state index contributed by atoms with van der Waals surface area (Å²) in [6.07, 6.45) is 3.81. The first-order valence-corrected chi connectivity index (χ1v) is 6.01. The van der Waals surface area contributed by atoms with Crippen LogP contribution in [0.25, 0.3) is 0 Å². The Bertz CT molecular complexity index is 548. The van der Waals surface area contributed by atoms with E-state index >= 15 is 0 Å². The average molecular weight is 261 g/mol. The quantitative estimate of drug-likeness (QED) is 0.895. The van der Waals surface area contributed by atoms with Crippen LogP contribution < -0.4 is 10.1 Å². The molecule has 1 heterocycles. The van der Waals surface area contributed by atoms with E-state index in [-0.39, 0.29) is 11.9 Å². The second kappa shape index (κ2) is 6.24. The fourth-order valence-electron chi connectivity index (χ4n) is 1.97. The zero-order valence-electron chi connectivity index (χ0n) is 10.9. The van der Waals surface area contributed by atoms with E-state index < -0.39 is 0 Å². The highest BCUT2D eigenvalue weighted by Gasteiger charge is 2.17. The van der Waals surface area contributed by atoms with E-state index in [0.29, 0.717) is 12.3 Å². The van der Waals surface area contributed by atoms with Gasteiger partial charge >= 0.3 is 0 Å². The monoisotopic (exact) mass is 261 g/mol. The highest BCUT2D eigenvalue weighted by atomic mass is 19.1.